The van der Waals surface area contributed by atoms with Crippen LogP contribution >= 0.6 is 11.6 Å². The van der Waals surface area contributed by atoms with E-state index in [0.29, 0.717) is 18.9 Å². The van der Waals surface area contributed by atoms with Gasteiger partial charge in [-0.15, -0.1) is 11.6 Å². The number of sulfonamides is 1. The molecule has 0 saturated heterocycles. The van der Waals surface area contributed by atoms with Crippen molar-refractivity contribution in [3.63, 3.8) is 0 Å². The van der Waals surface area contributed by atoms with Crippen molar-refractivity contribution in [2.75, 3.05) is 6.54 Å². The maximum absolute atomic E-state index is 13.3. The second-order valence-electron chi connectivity index (χ2n) is 3.77. The summed E-state index contributed by atoms with van der Waals surface area (Å²) in [5.41, 5.74) is 0. The first-order chi connectivity index (χ1) is 8.36. The van der Waals surface area contributed by atoms with Crippen LogP contribution in [0.4, 0.5) is 8.78 Å². The Balaban J connectivity index is 2.77. The molecular formula is C11H14ClF2NO2S. The molecule has 3 nitrogen and oxygen atoms in total. The summed E-state index contributed by atoms with van der Waals surface area (Å²) in [6.07, 6.45) is 1.13. The van der Waals surface area contributed by atoms with Crippen molar-refractivity contribution in [2.24, 2.45) is 0 Å². The lowest BCUT2D eigenvalue weighted by atomic mass is 10.2. The van der Waals surface area contributed by atoms with E-state index in [0.717, 1.165) is 12.1 Å². The first-order valence-electron chi connectivity index (χ1n) is 5.45. The smallest absolute Gasteiger partial charge is 0.211 e. The summed E-state index contributed by atoms with van der Waals surface area (Å²) in [5.74, 6) is -1.79. The highest BCUT2D eigenvalue weighted by Gasteiger charge is 2.19. The number of halogens is 3. The monoisotopic (exact) mass is 297 g/mol. The van der Waals surface area contributed by atoms with Crippen molar-refractivity contribution in [3.05, 3.63) is 29.8 Å². The van der Waals surface area contributed by atoms with Crippen molar-refractivity contribution >= 4 is 21.6 Å². The average molecular weight is 298 g/mol. The van der Waals surface area contributed by atoms with Gasteiger partial charge >= 0.3 is 0 Å². The van der Waals surface area contributed by atoms with Gasteiger partial charge in [-0.05, 0) is 31.0 Å². The van der Waals surface area contributed by atoms with E-state index in [1.165, 1.54) is 0 Å². The highest BCUT2D eigenvalue weighted by molar-refractivity contribution is 7.89. The zero-order chi connectivity index (χ0) is 13.8. The fourth-order valence-electron chi connectivity index (χ4n) is 1.31. The molecule has 0 heterocycles. The standard InChI is InChI=1S/C11H14ClF2NO2S/c1-2-8(12)5-6-15-18(16,17)11-7-9(13)3-4-10(11)14/h3-4,7-8,15H,2,5-6H2,1H3. The third kappa shape index (κ3) is 4.19. The molecule has 1 rings (SSSR count). The van der Waals surface area contributed by atoms with Gasteiger partial charge in [0.25, 0.3) is 0 Å². The SMILES string of the molecule is CCC(Cl)CCNS(=O)(=O)c1cc(F)ccc1F. The predicted octanol–water partition coefficient (Wildman–Crippen LogP) is 2.65. The molecule has 0 fully saturated rings. The van der Waals surface area contributed by atoms with Gasteiger partial charge in [-0.25, -0.2) is 21.9 Å². The van der Waals surface area contributed by atoms with Crippen LogP contribution in [0.2, 0.25) is 0 Å². The van der Waals surface area contributed by atoms with E-state index >= 15 is 0 Å². The zero-order valence-electron chi connectivity index (χ0n) is 9.79. The van der Waals surface area contributed by atoms with Gasteiger partial charge in [0.2, 0.25) is 10.0 Å². The molecule has 0 saturated carbocycles. The molecule has 7 heteroatoms. The first kappa shape index (κ1) is 15.3. The quantitative estimate of drug-likeness (QED) is 0.821. The first-order valence-corrected chi connectivity index (χ1v) is 7.37. The summed E-state index contributed by atoms with van der Waals surface area (Å²) in [6.45, 7) is 1.96. The lowest BCUT2D eigenvalue weighted by molar-refractivity contribution is 0.544. The number of hydrogen-bond donors (Lipinski definition) is 1. The fourth-order valence-corrected chi connectivity index (χ4v) is 2.56. The average Bonchev–Trinajstić information content (AvgIpc) is 2.31. The molecule has 102 valence electrons. The lowest BCUT2D eigenvalue weighted by Gasteiger charge is -2.09. The van der Waals surface area contributed by atoms with E-state index < -0.39 is 26.6 Å². The van der Waals surface area contributed by atoms with Crippen molar-refractivity contribution in [2.45, 2.75) is 30.0 Å². The minimum absolute atomic E-state index is 0.0836. The normalized spacial score (nSPS) is 13.6. The molecule has 1 aromatic carbocycles. The number of benzene rings is 1. The lowest BCUT2D eigenvalue weighted by Crippen LogP contribution is -2.27. The number of rotatable bonds is 6. The van der Waals surface area contributed by atoms with Crippen LogP contribution in [0, 0.1) is 11.6 Å². The second kappa shape index (κ2) is 6.45. The van der Waals surface area contributed by atoms with Crippen molar-refractivity contribution in [3.8, 4) is 0 Å². The molecule has 1 N–H and O–H groups in total. The number of hydrogen-bond acceptors (Lipinski definition) is 2. The van der Waals surface area contributed by atoms with Crippen LogP contribution < -0.4 is 4.72 Å². The maximum atomic E-state index is 13.3. The van der Waals surface area contributed by atoms with Gasteiger partial charge in [0.05, 0.1) is 0 Å². The maximum Gasteiger partial charge on any atom is 0.243 e. The molecule has 0 amide bonds. The Hall–Kier alpha value is -0.720. The number of alkyl halides is 1. The van der Waals surface area contributed by atoms with Crippen molar-refractivity contribution in [1.29, 1.82) is 0 Å². The van der Waals surface area contributed by atoms with Gasteiger partial charge in [-0.3, -0.25) is 0 Å². The highest BCUT2D eigenvalue weighted by Crippen LogP contribution is 2.15. The summed E-state index contributed by atoms with van der Waals surface area (Å²) in [7, 11) is -4.04. The Labute approximate surface area is 110 Å². The fraction of sp³-hybridized carbons (Fsp3) is 0.455. The summed E-state index contributed by atoms with van der Waals surface area (Å²) in [5, 5.41) is -0.148. The van der Waals surface area contributed by atoms with Crippen LogP contribution in [-0.2, 0) is 10.0 Å². The van der Waals surface area contributed by atoms with E-state index in [1.807, 2.05) is 6.92 Å². The Kier molecular flexibility index (Phi) is 5.49. The van der Waals surface area contributed by atoms with Crippen LogP contribution in [0.1, 0.15) is 19.8 Å². The van der Waals surface area contributed by atoms with E-state index in [1.54, 1.807) is 0 Å². The molecule has 1 atom stereocenters. The van der Waals surface area contributed by atoms with Crippen molar-refractivity contribution < 1.29 is 17.2 Å². The molecule has 0 aliphatic carbocycles. The van der Waals surface area contributed by atoms with Gasteiger partial charge in [-0.2, -0.15) is 0 Å². The third-order valence-corrected chi connectivity index (χ3v) is 4.38. The molecule has 0 spiro atoms. The van der Waals surface area contributed by atoms with Crippen LogP contribution in [0.15, 0.2) is 23.1 Å². The topological polar surface area (TPSA) is 46.2 Å². The molecule has 18 heavy (non-hydrogen) atoms. The second-order valence-corrected chi connectivity index (χ2v) is 6.12. The predicted molar refractivity (Wildman–Crippen MR) is 66.1 cm³/mol. The molecule has 0 radical (unpaired) electrons. The molecule has 0 aromatic heterocycles. The molecule has 0 aliphatic heterocycles. The van der Waals surface area contributed by atoms with Gasteiger partial charge in [0.1, 0.15) is 16.5 Å². The Morgan fingerprint density at radius 3 is 2.67 bits per heavy atom. The van der Waals surface area contributed by atoms with E-state index in [2.05, 4.69) is 4.72 Å². The van der Waals surface area contributed by atoms with Gasteiger partial charge in [-0.1, -0.05) is 6.92 Å². The molecule has 0 bridgehead atoms. The minimum atomic E-state index is -4.04. The molecular weight excluding hydrogens is 284 g/mol. The molecule has 1 aromatic rings. The largest absolute Gasteiger partial charge is 0.243 e. The molecule has 1 unspecified atom stereocenters. The van der Waals surface area contributed by atoms with E-state index in [9.17, 15) is 17.2 Å². The summed E-state index contributed by atoms with van der Waals surface area (Å²) in [4.78, 5) is -0.690. The minimum Gasteiger partial charge on any atom is -0.211 e. The zero-order valence-corrected chi connectivity index (χ0v) is 11.4. The Bertz CT molecular complexity index is 508. The van der Waals surface area contributed by atoms with Crippen LogP contribution in [0.25, 0.3) is 0 Å². The third-order valence-electron chi connectivity index (χ3n) is 2.38. The summed E-state index contributed by atoms with van der Waals surface area (Å²) in [6, 6.07) is 2.29. The highest BCUT2D eigenvalue weighted by atomic mass is 35.5. The van der Waals surface area contributed by atoms with Crippen molar-refractivity contribution in [1.82, 2.24) is 4.72 Å². The number of nitrogens with one attached hydrogen (secondary N) is 1. The summed E-state index contributed by atoms with van der Waals surface area (Å²) >= 11 is 5.83. The Morgan fingerprint density at radius 2 is 2.06 bits per heavy atom. The van der Waals surface area contributed by atoms with Gasteiger partial charge in [0, 0.05) is 11.9 Å². The molecule has 0 aliphatic rings. The van der Waals surface area contributed by atoms with Gasteiger partial charge in [0.15, 0.2) is 0 Å². The van der Waals surface area contributed by atoms with Crippen LogP contribution in [0.5, 0.6) is 0 Å². The van der Waals surface area contributed by atoms with Gasteiger partial charge < -0.3 is 0 Å². The summed E-state index contributed by atoms with van der Waals surface area (Å²) < 4.78 is 51.8. The Morgan fingerprint density at radius 1 is 1.39 bits per heavy atom. The van der Waals surface area contributed by atoms with E-state index in [4.69, 9.17) is 11.6 Å². The van der Waals surface area contributed by atoms with Crippen LogP contribution in [0.3, 0.4) is 0 Å². The van der Waals surface area contributed by atoms with Crippen LogP contribution in [-0.4, -0.2) is 20.3 Å². The van der Waals surface area contributed by atoms with E-state index in [-0.39, 0.29) is 11.9 Å².